The van der Waals surface area contributed by atoms with Crippen LogP contribution in [0.3, 0.4) is 0 Å². The number of rotatable bonds is 4. The van der Waals surface area contributed by atoms with E-state index in [4.69, 9.17) is 10.3 Å². The zero-order chi connectivity index (χ0) is 13.1. The van der Waals surface area contributed by atoms with Crippen molar-refractivity contribution in [3.8, 4) is 11.5 Å². The van der Waals surface area contributed by atoms with Gasteiger partial charge in [0.05, 0.1) is 4.92 Å². The van der Waals surface area contributed by atoms with Crippen LogP contribution in [-0.2, 0) is 0 Å². The van der Waals surface area contributed by atoms with Crippen molar-refractivity contribution in [1.29, 1.82) is 0 Å². The first-order chi connectivity index (χ1) is 8.61. The first-order valence-electron chi connectivity index (χ1n) is 5.40. The molecule has 1 unspecified atom stereocenters. The minimum absolute atomic E-state index is 0.0144. The Morgan fingerprint density at radius 3 is 2.67 bits per heavy atom. The molecule has 18 heavy (non-hydrogen) atoms. The quantitative estimate of drug-likeness (QED) is 0.651. The maximum absolute atomic E-state index is 10.5. The van der Waals surface area contributed by atoms with Gasteiger partial charge in [-0.3, -0.25) is 10.1 Å². The van der Waals surface area contributed by atoms with Crippen molar-refractivity contribution >= 4 is 5.69 Å². The van der Waals surface area contributed by atoms with Gasteiger partial charge in [0.15, 0.2) is 5.82 Å². The molecular formula is C11H12N4O3. The second-order valence-electron chi connectivity index (χ2n) is 3.90. The first-order valence-corrected chi connectivity index (χ1v) is 5.40. The fourth-order valence-electron chi connectivity index (χ4n) is 1.38. The zero-order valence-corrected chi connectivity index (χ0v) is 9.74. The van der Waals surface area contributed by atoms with Gasteiger partial charge in [0.2, 0.25) is 0 Å². The fourth-order valence-corrected chi connectivity index (χ4v) is 1.38. The molecule has 0 radical (unpaired) electrons. The zero-order valence-electron chi connectivity index (χ0n) is 9.74. The molecule has 0 amide bonds. The highest BCUT2D eigenvalue weighted by Crippen LogP contribution is 2.22. The van der Waals surface area contributed by atoms with Crippen LogP contribution in [0, 0.1) is 10.1 Å². The highest BCUT2D eigenvalue weighted by Gasteiger charge is 2.14. The molecule has 0 saturated heterocycles. The van der Waals surface area contributed by atoms with Gasteiger partial charge in [0, 0.05) is 30.2 Å². The Hall–Kier alpha value is -2.28. The van der Waals surface area contributed by atoms with Crippen molar-refractivity contribution in [2.45, 2.75) is 12.8 Å². The van der Waals surface area contributed by atoms with Crippen molar-refractivity contribution in [2.75, 3.05) is 6.54 Å². The third-order valence-corrected chi connectivity index (χ3v) is 2.56. The molecular weight excluding hydrogens is 236 g/mol. The van der Waals surface area contributed by atoms with Crippen LogP contribution in [0.1, 0.15) is 18.7 Å². The fraction of sp³-hybridized carbons (Fsp3) is 0.273. The number of aromatic nitrogens is 2. The molecule has 1 heterocycles. The predicted molar refractivity (Wildman–Crippen MR) is 63.9 cm³/mol. The van der Waals surface area contributed by atoms with Crippen molar-refractivity contribution in [2.24, 2.45) is 5.73 Å². The SMILES string of the molecule is CC(CN)c1noc(-c2ccc([N+](=O)[O-])cc2)n1. The molecule has 0 aliphatic carbocycles. The molecule has 0 fully saturated rings. The maximum Gasteiger partial charge on any atom is 0.269 e. The average molecular weight is 248 g/mol. The summed E-state index contributed by atoms with van der Waals surface area (Å²) in [5.41, 5.74) is 6.17. The van der Waals surface area contributed by atoms with E-state index in [9.17, 15) is 10.1 Å². The minimum Gasteiger partial charge on any atom is -0.334 e. The number of nitro groups is 1. The summed E-state index contributed by atoms with van der Waals surface area (Å²) in [7, 11) is 0. The summed E-state index contributed by atoms with van der Waals surface area (Å²) in [6.07, 6.45) is 0. The molecule has 0 saturated carbocycles. The average Bonchev–Trinajstić information content (AvgIpc) is 2.87. The van der Waals surface area contributed by atoms with E-state index in [1.54, 1.807) is 12.1 Å². The lowest BCUT2D eigenvalue weighted by atomic mass is 10.1. The van der Waals surface area contributed by atoms with Gasteiger partial charge in [-0.2, -0.15) is 4.98 Å². The third kappa shape index (κ3) is 2.35. The van der Waals surface area contributed by atoms with Crippen LogP contribution in [0.2, 0.25) is 0 Å². The number of nitrogens with two attached hydrogens (primary N) is 1. The lowest BCUT2D eigenvalue weighted by molar-refractivity contribution is -0.384. The van der Waals surface area contributed by atoms with Gasteiger partial charge in [0.1, 0.15) is 0 Å². The number of hydrogen-bond acceptors (Lipinski definition) is 6. The van der Waals surface area contributed by atoms with Gasteiger partial charge in [0.25, 0.3) is 11.6 Å². The van der Waals surface area contributed by atoms with E-state index in [0.29, 0.717) is 23.8 Å². The molecule has 7 nitrogen and oxygen atoms in total. The Balaban J connectivity index is 2.26. The summed E-state index contributed by atoms with van der Waals surface area (Å²) < 4.78 is 5.09. The monoisotopic (exact) mass is 248 g/mol. The van der Waals surface area contributed by atoms with Gasteiger partial charge < -0.3 is 10.3 Å². The lowest BCUT2D eigenvalue weighted by Crippen LogP contribution is -2.10. The summed E-state index contributed by atoms with van der Waals surface area (Å²) in [5.74, 6) is 0.881. The van der Waals surface area contributed by atoms with Crippen molar-refractivity contribution in [1.82, 2.24) is 10.1 Å². The Morgan fingerprint density at radius 1 is 1.44 bits per heavy atom. The summed E-state index contributed by atoms with van der Waals surface area (Å²) in [4.78, 5) is 14.3. The molecule has 0 aliphatic rings. The minimum atomic E-state index is -0.459. The van der Waals surface area contributed by atoms with Gasteiger partial charge in [-0.15, -0.1) is 0 Å². The van der Waals surface area contributed by atoms with Crippen molar-refractivity contribution < 1.29 is 9.45 Å². The molecule has 1 aromatic carbocycles. The molecule has 2 rings (SSSR count). The van der Waals surface area contributed by atoms with Crippen LogP contribution in [-0.4, -0.2) is 21.6 Å². The molecule has 1 atom stereocenters. The molecule has 0 aliphatic heterocycles. The Morgan fingerprint density at radius 2 is 2.11 bits per heavy atom. The van der Waals surface area contributed by atoms with Gasteiger partial charge in [-0.25, -0.2) is 0 Å². The molecule has 2 aromatic rings. The van der Waals surface area contributed by atoms with Gasteiger partial charge in [-0.1, -0.05) is 12.1 Å². The lowest BCUT2D eigenvalue weighted by Gasteiger charge is -1.98. The van der Waals surface area contributed by atoms with Crippen molar-refractivity contribution in [3.63, 3.8) is 0 Å². The third-order valence-electron chi connectivity index (χ3n) is 2.56. The summed E-state index contributed by atoms with van der Waals surface area (Å²) in [6.45, 7) is 2.32. The number of benzene rings is 1. The van der Waals surface area contributed by atoms with Crippen LogP contribution in [0.25, 0.3) is 11.5 Å². The van der Waals surface area contributed by atoms with E-state index >= 15 is 0 Å². The number of nitro benzene ring substituents is 1. The van der Waals surface area contributed by atoms with E-state index in [2.05, 4.69) is 10.1 Å². The van der Waals surface area contributed by atoms with Crippen molar-refractivity contribution in [3.05, 3.63) is 40.2 Å². The van der Waals surface area contributed by atoms with Crippen LogP contribution >= 0.6 is 0 Å². The topological polar surface area (TPSA) is 108 Å². The molecule has 94 valence electrons. The highest BCUT2D eigenvalue weighted by atomic mass is 16.6. The Kier molecular flexibility index (Phi) is 3.33. The number of non-ortho nitro benzene ring substituents is 1. The van der Waals surface area contributed by atoms with Crippen LogP contribution in [0.5, 0.6) is 0 Å². The summed E-state index contributed by atoms with van der Waals surface area (Å²) in [6, 6.07) is 5.93. The van der Waals surface area contributed by atoms with E-state index in [1.807, 2.05) is 6.92 Å². The molecule has 0 spiro atoms. The smallest absolute Gasteiger partial charge is 0.269 e. The second-order valence-corrected chi connectivity index (χ2v) is 3.90. The second kappa shape index (κ2) is 4.92. The van der Waals surface area contributed by atoms with Crippen LogP contribution < -0.4 is 5.73 Å². The Labute approximate surface area is 103 Å². The number of hydrogen-bond donors (Lipinski definition) is 1. The largest absolute Gasteiger partial charge is 0.334 e. The van der Waals surface area contributed by atoms with E-state index < -0.39 is 4.92 Å². The van der Waals surface area contributed by atoms with Crippen LogP contribution in [0.4, 0.5) is 5.69 Å². The molecule has 2 N–H and O–H groups in total. The summed E-state index contributed by atoms with van der Waals surface area (Å²) in [5, 5.41) is 14.3. The predicted octanol–water partition coefficient (Wildman–Crippen LogP) is 1.71. The highest BCUT2D eigenvalue weighted by molar-refractivity contribution is 5.55. The molecule has 0 bridgehead atoms. The van der Waals surface area contributed by atoms with Crippen LogP contribution in [0.15, 0.2) is 28.8 Å². The summed E-state index contributed by atoms with van der Waals surface area (Å²) >= 11 is 0. The van der Waals surface area contributed by atoms with Gasteiger partial charge >= 0.3 is 0 Å². The van der Waals surface area contributed by atoms with E-state index in [0.717, 1.165) is 0 Å². The Bertz CT molecular complexity index is 550. The first kappa shape index (κ1) is 12.2. The molecule has 1 aromatic heterocycles. The van der Waals surface area contributed by atoms with E-state index in [1.165, 1.54) is 12.1 Å². The number of nitrogens with zero attached hydrogens (tertiary/aromatic N) is 3. The van der Waals surface area contributed by atoms with E-state index in [-0.39, 0.29) is 11.6 Å². The molecule has 7 heteroatoms. The van der Waals surface area contributed by atoms with Gasteiger partial charge in [-0.05, 0) is 12.1 Å². The normalized spacial score (nSPS) is 12.3. The maximum atomic E-state index is 10.5. The standard InChI is InChI=1S/C11H12N4O3/c1-7(6-12)10-13-11(18-14-10)8-2-4-9(5-3-8)15(16)17/h2-5,7H,6,12H2,1H3.